The molecule has 0 saturated carbocycles. The van der Waals surface area contributed by atoms with Crippen molar-refractivity contribution in [3.05, 3.63) is 35.8 Å². The lowest BCUT2D eigenvalue weighted by Crippen LogP contribution is -2.64. The number of hydrogen-bond acceptors (Lipinski definition) is 7. The lowest BCUT2D eigenvalue weighted by molar-refractivity contribution is -0.202. The second-order valence-electron chi connectivity index (χ2n) is 4.48. The molecule has 1 atom stereocenters. The summed E-state index contributed by atoms with van der Waals surface area (Å²) in [5.74, 6) is -2.24. The predicted molar refractivity (Wildman–Crippen MR) is 72.1 cm³/mol. The Balaban J connectivity index is 2.62. The molecule has 0 radical (unpaired) electrons. The lowest BCUT2D eigenvalue weighted by atomic mass is 9.91. The van der Waals surface area contributed by atoms with Gasteiger partial charge in [0.05, 0.1) is 6.61 Å². The predicted octanol–water partition coefficient (Wildman–Crippen LogP) is 0.964. The number of halogens is 3. The van der Waals surface area contributed by atoms with Crippen molar-refractivity contribution < 1.29 is 22.7 Å². The van der Waals surface area contributed by atoms with E-state index < -0.39 is 29.1 Å². The molecule has 1 aromatic heterocycles. The molecule has 3 N–H and O–H groups in total. The Kier molecular flexibility index (Phi) is 4.16. The topological polar surface area (TPSA) is 104 Å². The van der Waals surface area contributed by atoms with Crippen molar-refractivity contribution in [3.63, 3.8) is 0 Å². The van der Waals surface area contributed by atoms with Gasteiger partial charge < -0.3 is 10.5 Å². The first-order chi connectivity index (χ1) is 10.8. The van der Waals surface area contributed by atoms with Crippen LogP contribution in [0.25, 0.3) is 0 Å². The summed E-state index contributed by atoms with van der Waals surface area (Å²) in [6, 6.07) is 5.78. The normalized spacial score (nSPS) is 21.3. The standard InChI is InChI=1S/C13H12F3N5O2/c1-2-23-11(22)12(13(14,15)16)8(7-17)10(18)21(20-12)9-5-3-4-6-19-9/h3-6,20H,2,18H2,1H3. The number of nitrogens with one attached hydrogen (secondary N) is 1. The molecule has 7 nitrogen and oxygen atoms in total. The van der Waals surface area contributed by atoms with E-state index in [1.165, 1.54) is 31.3 Å². The Bertz CT molecular complexity index is 683. The van der Waals surface area contributed by atoms with Crippen LogP contribution in [0.1, 0.15) is 6.92 Å². The maximum absolute atomic E-state index is 13.6. The lowest BCUT2D eigenvalue weighted by Gasteiger charge is -2.31. The summed E-state index contributed by atoms with van der Waals surface area (Å²) in [7, 11) is 0. The Morgan fingerprint density at radius 2 is 2.26 bits per heavy atom. The van der Waals surface area contributed by atoms with Crippen molar-refractivity contribution in [1.82, 2.24) is 10.4 Å². The molecule has 1 aromatic rings. The van der Waals surface area contributed by atoms with Crippen molar-refractivity contribution in [2.24, 2.45) is 5.73 Å². The maximum atomic E-state index is 13.6. The molecule has 0 spiro atoms. The third-order valence-electron chi connectivity index (χ3n) is 3.15. The van der Waals surface area contributed by atoms with Gasteiger partial charge in [-0.25, -0.2) is 14.8 Å². The Hall–Kier alpha value is -2.80. The monoisotopic (exact) mass is 327 g/mol. The number of carbonyl (C=O) groups excluding carboxylic acids is 1. The summed E-state index contributed by atoms with van der Waals surface area (Å²) < 4.78 is 45.4. The number of pyridine rings is 1. The second-order valence-corrected chi connectivity index (χ2v) is 4.48. The second kappa shape index (κ2) is 5.77. The molecule has 2 heterocycles. The van der Waals surface area contributed by atoms with Crippen LogP contribution in [-0.4, -0.2) is 29.3 Å². The minimum atomic E-state index is -5.15. The smallest absolute Gasteiger partial charge is 0.424 e. The molecule has 1 aliphatic rings. The zero-order valence-electron chi connectivity index (χ0n) is 11.9. The zero-order valence-corrected chi connectivity index (χ0v) is 11.9. The van der Waals surface area contributed by atoms with Crippen LogP contribution in [0.3, 0.4) is 0 Å². The molecule has 0 amide bonds. The Morgan fingerprint density at radius 1 is 1.57 bits per heavy atom. The van der Waals surface area contributed by atoms with Gasteiger partial charge in [0, 0.05) is 6.20 Å². The number of nitrogens with two attached hydrogens (primary N) is 1. The third-order valence-corrected chi connectivity index (χ3v) is 3.15. The van der Waals surface area contributed by atoms with Crippen LogP contribution in [-0.2, 0) is 9.53 Å². The molecule has 0 aliphatic carbocycles. The molecule has 0 aromatic carbocycles. The molecule has 0 saturated heterocycles. The molecule has 122 valence electrons. The van der Waals surface area contributed by atoms with Gasteiger partial charge in [-0.15, -0.1) is 0 Å². The zero-order chi connectivity index (χ0) is 17.3. The number of ether oxygens (including phenoxy) is 1. The van der Waals surface area contributed by atoms with Crippen LogP contribution in [0, 0.1) is 11.3 Å². The number of alkyl halides is 3. The van der Waals surface area contributed by atoms with Crippen LogP contribution in [0.2, 0.25) is 0 Å². The minimum absolute atomic E-state index is 0.00632. The fraction of sp³-hybridized carbons (Fsp3) is 0.308. The van der Waals surface area contributed by atoms with Gasteiger partial charge in [0.1, 0.15) is 23.3 Å². The minimum Gasteiger partial charge on any atom is -0.464 e. The molecule has 0 bridgehead atoms. The summed E-state index contributed by atoms with van der Waals surface area (Å²) in [5, 5.41) is 9.87. The van der Waals surface area contributed by atoms with Crippen LogP contribution >= 0.6 is 0 Å². The van der Waals surface area contributed by atoms with Gasteiger partial charge in [-0.1, -0.05) is 6.07 Å². The number of esters is 1. The number of aromatic nitrogens is 1. The van der Waals surface area contributed by atoms with Crippen molar-refractivity contribution in [2.75, 3.05) is 11.6 Å². The number of nitrogens with zero attached hydrogens (tertiary/aromatic N) is 3. The van der Waals surface area contributed by atoms with E-state index in [0.717, 1.165) is 5.01 Å². The first-order valence-corrected chi connectivity index (χ1v) is 6.42. The van der Waals surface area contributed by atoms with E-state index in [-0.39, 0.29) is 12.4 Å². The van der Waals surface area contributed by atoms with E-state index in [4.69, 9.17) is 11.0 Å². The van der Waals surface area contributed by atoms with Crippen LogP contribution < -0.4 is 16.2 Å². The third kappa shape index (κ3) is 2.44. The molecule has 0 fully saturated rings. The van der Waals surface area contributed by atoms with E-state index in [1.807, 2.05) is 5.43 Å². The van der Waals surface area contributed by atoms with Gasteiger partial charge in [-0.05, 0) is 19.1 Å². The van der Waals surface area contributed by atoms with Crippen LogP contribution in [0.15, 0.2) is 35.8 Å². The van der Waals surface area contributed by atoms with E-state index in [0.29, 0.717) is 0 Å². The van der Waals surface area contributed by atoms with Crippen LogP contribution in [0.4, 0.5) is 19.0 Å². The highest BCUT2D eigenvalue weighted by Gasteiger charge is 2.69. The number of carbonyl (C=O) groups is 1. The molecule has 2 rings (SSSR count). The average molecular weight is 327 g/mol. The molecule has 23 heavy (non-hydrogen) atoms. The van der Waals surface area contributed by atoms with Gasteiger partial charge in [0.25, 0.3) is 5.54 Å². The van der Waals surface area contributed by atoms with E-state index in [2.05, 4.69) is 9.72 Å². The molecule has 10 heteroatoms. The van der Waals surface area contributed by atoms with Crippen molar-refractivity contribution >= 4 is 11.8 Å². The van der Waals surface area contributed by atoms with Gasteiger partial charge >= 0.3 is 12.1 Å². The quantitative estimate of drug-likeness (QED) is 0.797. The first-order valence-electron chi connectivity index (χ1n) is 6.42. The number of rotatable bonds is 3. The fourth-order valence-corrected chi connectivity index (χ4v) is 2.10. The number of nitriles is 1. The molecule has 1 unspecified atom stereocenters. The first kappa shape index (κ1) is 16.6. The molecule has 1 aliphatic heterocycles. The highest BCUT2D eigenvalue weighted by molar-refractivity contribution is 5.90. The van der Waals surface area contributed by atoms with Gasteiger partial charge in [0.2, 0.25) is 0 Å². The highest BCUT2D eigenvalue weighted by Crippen LogP contribution is 2.42. The fourth-order valence-electron chi connectivity index (χ4n) is 2.10. The summed E-state index contributed by atoms with van der Waals surface area (Å²) >= 11 is 0. The summed E-state index contributed by atoms with van der Waals surface area (Å²) in [5.41, 5.74) is 3.22. The average Bonchev–Trinajstić information content (AvgIpc) is 2.82. The van der Waals surface area contributed by atoms with Crippen molar-refractivity contribution in [3.8, 4) is 6.07 Å². The van der Waals surface area contributed by atoms with Crippen molar-refractivity contribution in [2.45, 2.75) is 18.6 Å². The van der Waals surface area contributed by atoms with Gasteiger partial charge in [-0.2, -0.15) is 23.9 Å². The molecular formula is C13H12F3N5O2. The number of anilines is 1. The van der Waals surface area contributed by atoms with Crippen LogP contribution in [0.5, 0.6) is 0 Å². The summed E-state index contributed by atoms with van der Waals surface area (Å²) in [6.45, 7) is 1.06. The SMILES string of the molecule is CCOC(=O)C1(C(F)(F)F)NN(c2ccccn2)C(N)=C1C#N. The molecular weight excluding hydrogens is 315 g/mol. The van der Waals surface area contributed by atoms with E-state index in [9.17, 15) is 18.0 Å². The number of hydrogen-bond donors (Lipinski definition) is 2. The van der Waals surface area contributed by atoms with Crippen molar-refractivity contribution in [1.29, 1.82) is 5.26 Å². The Morgan fingerprint density at radius 3 is 2.74 bits per heavy atom. The Labute approximate surface area is 129 Å². The maximum Gasteiger partial charge on any atom is 0.424 e. The van der Waals surface area contributed by atoms with E-state index in [1.54, 1.807) is 6.07 Å². The summed E-state index contributed by atoms with van der Waals surface area (Å²) in [6.07, 6.45) is -3.83. The van der Waals surface area contributed by atoms with E-state index >= 15 is 0 Å². The van der Waals surface area contributed by atoms with Gasteiger partial charge in [0.15, 0.2) is 0 Å². The summed E-state index contributed by atoms with van der Waals surface area (Å²) in [4.78, 5) is 15.9. The number of hydrazine groups is 1. The highest BCUT2D eigenvalue weighted by atomic mass is 19.4. The van der Waals surface area contributed by atoms with Gasteiger partial charge in [-0.3, -0.25) is 0 Å². The largest absolute Gasteiger partial charge is 0.464 e.